The third kappa shape index (κ3) is 5.09. The van der Waals surface area contributed by atoms with Crippen LogP contribution in [-0.4, -0.2) is 51.2 Å². The highest BCUT2D eigenvalue weighted by atomic mass is 32.2. The molecule has 25 heavy (non-hydrogen) atoms. The number of hydrogen-bond donors (Lipinski definition) is 0. The second kappa shape index (κ2) is 8.87. The first-order valence-corrected chi connectivity index (χ1v) is 10.4. The van der Waals surface area contributed by atoms with E-state index in [4.69, 9.17) is 14.2 Å². The van der Waals surface area contributed by atoms with E-state index in [2.05, 4.69) is 0 Å². The van der Waals surface area contributed by atoms with Gasteiger partial charge in [0.2, 0.25) is 10.0 Å². The SMILES string of the molecule is CCCOc1ccc(S(=O)(=O)N2CC(C)OC(C)C2)cc1OCCC. The zero-order valence-electron chi connectivity index (χ0n) is 15.5. The Morgan fingerprint density at radius 3 is 2.16 bits per heavy atom. The number of nitrogens with zero attached hydrogens (tertiary/aromatic N) is 1. The quantitative estimate of drug-likeness (QED) is 0.703. The van der Waals surface area contributed by atoms with Crippen molar-refractivity contribution in [2.24, 2.45) is 0 Å². The highest BCUT2D eigenvalue weighted by Crippen LogP contribution is 2.32. The summed E-state index contributed by atoms with van der Waals surface area (Å²) >= 11 is 0. The molecule has 0 spiro atoms. The second-order valence-corrected chi connectivity index (χ2v) is 8.32. The van der Waals surface area contributed by atoms with Gasteiger partial charge in [0.1, 0.15) is 0 Å². The molecule has 0 saturated carbocycles. The van der Waals surface area contributed by atoms with Crippen LogP contribution in [0.1, 0.15) is 40.5 Å². The van der Waals surface area contributed by atoms with E-state index < -0.39 is 10.0 Å². The van der Waals surface area contributed by atoms with Crippen molar-refractivity contribution in [3.8, 4) is 11.5 Å². The minimum Gasteiger partial charge on any atom is -0.490 e. The molecular weight excluding hydrogens is 342 g/mol. The van der Waals surface area contributed by atoms with Gasteiger partial charge in [0.05, 0.1) is 30.3 Å². The summed E-state index contributed by atoms with van der Waals surface area (Å²) in [4.78, 5) is 0.226. The fraction of sp³-hybridized carbons (Fsp3) is 0.667. The molecule has 1 fully saturated rings. The summed E-state index contributed by atoms with van der Waals surface area (Å²) in [6.07, 6.45) is 1.46. The minimum absolute atomic E-state index is 0.124. The molecule has 2 atom stereocenters. The Morgan fingerprint density at radius 1 is 1.04 bits per heavy atom. The third-order valence-electron chi connectivity index (χ3n) is 3.86. The normalized spacial score (nSPS) is 21.9. The van der Waals surface area contributed by atoms with Gasteiger partial charge >= 0.3 is 0 Å². The van der Waals surface area contributed by atoms with E-state index in [9.17, 15) is 8.42 Å². The summed E-state index contributed by atoms with van der Waals surface area (Å²) in [7, 11) is -3.59. The van der Waals surface area contributed by atoms with Crippen molar-refractivity contribution in [2.75, 3.05) is 26.3 Å². The Morgan fingerprint density at radius 2 is 1.60 bits per heavy atom. The van der Waals surface area contributed by atoms with Crippen LogP contribution in [0, 0.1) is 0 Å². The van der Waals surface area contributed by atoms with Crippen LogP contribution in [0.4, 0.5) is 0 Å². The molecule has 0 radical (unpaired) electrons. The van der Waals surface area contributed by atoms with Crippen LogP contribution in [0.15, 0.2) is 23.1 Å². The maximum atomic E-state index is 13.0. The zero-order valence-corrected chi connectivity index (χ0v) is 16.3. The molecule has 0 bridgehead atoms. The summed E-state index contributed by atoms with van der Waals surface area (Å²) < 4.78 is 44.5. The van der Waals surface area contributed by atoms with Crippen molar-refractivity contribution in [3.05, 3.63) is 18.2 Å². The Balaban J connectivity index is 2.30. The maximum absolute atomic E-state index is 13.0. The topological polar surface area (TPSA) is 65.1 Å². The standard InChI is InChI=1S/C18H29NO5S/c1-5-9-22-17-8-7-16(11-18(17)23-10-6-2)25(20,21)19-12-14(3)24-15(4)13-19/h7-8,11,14-15H,5-6,9-10,12-13H2,1-4H3. The summed E-state index contributed by atoms with van der Waals surface area (Å²) in [5.74, 6) is 1.06. The molecule has 1 aliphatic heterocycles. The molecule has 6 nitrogen and oxygen atoms in total. The number of benzene rings is 1. The third-order valence-corrected chi connectivity index (χ3v) is 5.69. The van der Waals surface area contributed by atoms with E-state index in [1.807, 2.05) is 27.7 Å². The van der Waals surface area contributed by atoms with Gasteiger partial charge in [-0.2, -0.15) is 4.31 Å². The van der Waals surface area contributed by atoms with Gasteiger partial charge in [-0.15, -0.1) is 0 Å². The minimum atomic E-state index is -3.59. The Bertz CT molecular complexity index is 651. The molecular formula is C18H29NO5S. The summed E-state index contributed by atoms with van der Waals surface area (Å²) in [6.45, 7) is 9.57. The largest absolute Gasteiger partial charge is 0.490 e. The monoisotopic (exact) mass is 371 g/mol. The average Bonchev–Trinajstić information content (AvgIpc) is 2.57. The van der Waals surface area contributed by atoms with Crippen molar-refractivity contribution in [3.63, 3.8) is 0 Å². The van der Waals surface area contributed by atoms with Gasteiger partial charge in [0.25, 0.3) is 0 Å². The van der Waals surface area contributed by atoms with Crippen LogP contribution in [0.3, 0.4) is 0 Å². The van der Waals surface area contributed by atoms with Gasteiger partial charge < -0.3 is 14.2 Å². The molecule has 1 heterocycles. The molecule has 0 N–H and O–H groups in total. The smallest absolute Gasteiger partial charge is 0.243 e. The molecule has 2 unspecified atom stereocenters. The summed E-state index contributed by atoms with van der Waals surface area (Å²) in [6, 6.07) is 4.84. The second-order valence-electron chi connectivity index (χ2n) is 6.38. The van der Waals surface area contributed by atoms with E-state index in [0.29, 0.717) is 37.8 Å². The number of morpholine rings is 1. The summed E-state index contributed by atoms with van der Waals surface area (Å²) in [5.41, 5.74) is 0. The van der Waals surface area contributed by atoms with Gasteiger partial charge in [-0.25, -0.2) is 8.42 Å². The van der Waals surface area contributed by atoms with E-state index in [-0.39, 0.29) is 17.1 Å². The number of ether oxygens (including phenoxy) is 3. The lowest BCUT2D eigenvalue weighted by Crippen LogP contribution is -2.48. The van der Waals surface area contributed by atoms with Crippen LogP contribution >= 0.6 is 0 Å². The first-order chi connectivity index (χ1) is 11.9. The lowest BCUT2D eigenvalue weighted by atomic mass is 10.3. The fourth-order valence-electron chi connectivity index (χ4n) is 2.78. The first-order valence-electron chi connectivity index (χ1n) is 8.93. The Labute approximate surface area is 151 Å². The van der Waals surface area contributed by atoms with Crippen molar-refractivity contribution in [2.45, 2.75) is 57.6 Å². The van der Waals surface area contributed by atoms with Crippen molar-refractivity contribution in [1.29, 1.82) is 0 Å². The highest BCUT2D eigenvalue weighted by molar-refractivity contribution is 7.89. The molecule has 1 aliphatic rings. The van der Waals surface area contributed by atoms with Gasteiger partial charge in [-0.3, -0.25) is 0 Å². The molecule has 0 aliphatic carbocycles. The van der Waals surface area contributed by atoms with Crippen molar-refractivity contribution < 1.29 is 22.6 Å². The van der Waals surface area contributed by atoms with Crippen LogP contribution in [0.5, 0.6) is 11.5 Å². The molecule has 1 aromatic carbocycles. The Kier molecular flexibility index (Phi) is 7.10. The fourth-order valence-corrected chi connectivity index (χ4v) is 4.39. The van der Waals surface area contributed by atoms with Gasteiger partial charge in [0, 0.05) is 19.2 Å². The van der Waals surface area contributed by atoms with Gasteiger partial charge in [-0.05, 0) is 38.8 Å². The molecule has 1 aromatic rings. The number of hydrogen-bond acceptors (Lipinski definition) is 5. The van der Waals surface area contributed by atoms with Crippen LogP contribution < -0.4 is 9.47 Å². The summed E-state index contributed by atoms with van der Waals surface area (Å²) in [5, 5.41) is 0. The lowest BCUT2D eigenvalue weighted by Gasteiger charge is -2.34. The number of rotatable bonds is 8. The molecule has 7 heteroatoms. The molecule has 0 amide bonds. The van der Waals surface area contributed by atoms with E-state index in [1.54, 1.807) is 18.2 Å². The highest BCUT2D eigenvalue weighted by Gasteiger charge is 2.32. The maximum Gasteiger partial charge on any atom is 0.243 e. The molecule has 2 rings (SSSR count). The molecule has 142 valence electrons. The number of sulfonamides is 1. The lowest BCUT2D eigenvalue weighted by molar-refractivity contribution is -0.0440. The van der Waals surface area contributed by atoms with Crippen LogP contribution in [-0.2, 0) is 14.8 Å². The van der Waals surface area contributed by atoms with Gasteiger partial charge in [0.15, 0.2) is 11.5 Å². The van der Waals surface area contributed by atoms with Gasteiger partial charge in [-0.1, -0.05) is 13.8 Å². The predicted octanol–water partition coefficient (Wildman–Crippen LogP) is 3.06. The van der Waals surface area contributed by atoms with E-state index in [1.165, 1.54) is 4.31 Å². The van der Waals surface area contributed by atoms with E-state index >= 15 is 0 Å². The van der Waals surface area contributed by atoms with E-state index in [0.717, 1.165) is 12.8 Å². The predicted molar refractivity (Wildman–Crippen MR) is 96.8 cm³/mol. The Hall–Kier alpha value is -1.31. The van der Waals surface area contributed by atoms with Crippen molar-refractivity contribution in [1.82, 2.24) is 4.31 Å². The van der Waals surface area contributed by atoms with Crippen molar-refractivity contribution >= 4 is 10.0 Å². The average molecular weight is 371 g/mol. The van der Waals surface area contributed by atoms with Crippen LogP contribution in [0.25, 0.3) is 0 Å². The molecule has 0 aromatic heterocycles. The zero-order chi connectivity index (χ0) is 18.4. The first kappa shape index (κ1) is 20.0. The molecule has 1 saturated heterocycles. The van der Waals surface area contributed by atoms with Crippen LogP contribution in [0.2, 0.25) is 0 Å².